The fourth-order valence-electron chi connectivity index (χ4n) is 2.91. The second-order valence-corrected chi connectivity index (χ2v) is 6.30. The maximum absolute atomic E-state index is 12.3. The van der Waals surface area contributed by atoms with Gasteiger partial charge in [-0.05, 0) is 44.2 Å². The molecule has 0 atom stereocenters. The summed E-state index contributed by atoms with van der Waals surface area (Å²) in [6, 6.07) is 13.7. The van der Waals surface area contributed by atoms with E-state index in [9.17, 15) is 14.4 Å². The fourth-order valence-corrected chi connectivity index (χ4v) is 2.91. The van der Waals surface area contributed by atoms with Gasteiger partial charge in [0.25, 0.3) is 11.8 Å². The minimum absolute atomic E-state index is 0.0620. The third kappa shape index (κ3) is 4.60. The van der Waals surface area contributed by atoms with Crippen LogP contribution in [-0.4, -0.2) is 52.6 Å². The fraction of sp³-hybridized carbons (Fsp3) is 0.238. The lowest BCUT2D eigenvalue weighted by atomic mass is 10.2. The number of anilines is 1. The van der Waals surface area contributed by atoms with E-state index in [1.165, 1.54) is 0 Å². The molecular formula is C21H22N4O4. The first-order valence-corrected chi connectivity index (χ1v) is 9.32. The molecule has 150 valence electrons. The highest BCUT2D eigenvalue weighted by molar-refractivity contribution is 6.03. The van der Waals surface area contributed by atoms with Crippen LogP contribution in [0.25, 0.3) is 10.9 Å². The van der Waals surface area contributed by atoms with Crippen molar-refractivity contribution in [3.05, 3.63) is 59.8 Å². The molecule has 0 fully saturated rings. The Morgan fingerprint density at radius 3 is 2.41 bits per heavy atom. The first kappa shape index (κ1) is 20.1. The predicted molar refractivity (Wildman–Crippen MR) is 109 cm³/mol. The summed E-state index contributed by atoms with van der Waals surface area (Å²) >= 11 is 0. The number of benzene rings is 2. The Labute approximate surface area is 167 Å². The Morgan fingerprint density at radius 2 is 1.72 bits per heavy atom. The van der Waals surface area contributed by atoms with Crippen molar-refractivity contribution >= 4 is 34.4 Å². The van der Waals surface area contributed by atoms with Gasteiger partial charge in [-0.1, -0.05) is 18.2 Å². The van der Waals surface area contributed by atoms with Crippen LogP contribution in [0, 0.1) is 0 Å². The van der Waals surface area contributed by atoms with Crippen molar-refractivity contribution in [2.24, 2.45) is 0 Å². The molecule has 29 heavy (non-hydrogen) atoms. The van der Waals surface area contributed by atoms with Crippen LogP contribution in [0.1, 0.15) is 34.7 Å². The van der Waals surface area contributed by atoms with Gasteiger partial charge in [0.2, 0.25) is 0 Å². The summed E-state index contributed by atoms with van der Waals surface area (Å²) in [6.45, 7) is 4.65. The number of nitrogens with one attached hydrogen (secondary N) is 2. The molecule has 0 aliphatic rings. The number of carbonyl (C=O) groups excluding carboxylic acids is 3. The lowest BCUT2D eigenvalue weighted by molar-refractivity contribution is -0.119. The van der Waals surface area contributed by atoms with Gasteiger partial charge in [-0.2, -0.15) is 5.10 Å². The first-order valence-electron chi connectivity index (χ1n) is 9.32. The normalized spacial score (nSPS) is 10.6. The number of amides is 2. The Kier molecular flexibility index (Phi) is 6.23. The van der Waals surface area contributed by atoms with Crippen LogP contribution in [0.5, 0.6) is 0 Å². The topological polar surface area (TPSA) is 104 Å². The molecule has 0 saturated carbocycles. The van der Waals surface area contributed by atoms with E-state index in [0.717, 1.165) is 0 Å². The van der Waals surface area contributed by atoms with Crippen LogP contribution in [0.4, 0.5) is 5.69 Å². The zero-order valence-electron chi connectivity index (χ0n) is 16.3. The zero-order valence-corrected chi connectivity index (χ0v) is 16.3. The zero-order chi connectivity index (χ0) is 20.8. The van der Waals surface area contributed by atoms with Crippen LogP contribution in [0.3, 0.4) is 0 Å². The van der Waals surface area contributed by atoms with Crippen LogP contribution in [0.15, 0.2) is 48.5 Å². The number of fused-ring (bicyclic) bond motifs is 1. The van der Waals surface area contributed by atoms with Gasteiger partial charge in [0.1, 0.15) is 0 Å². The van der Waals surface area contributed by atoms with Crippen LogP contribution in [0.2, 0.25) is 0 Å². The average Bonchev–Trinajstić information content (AvgIpc) is 3.17. The first-order chi connectivity index (χ1) is 14.0. The molecule has 8 nitrogen and oxygen atoms in total. The molecule has 8 heteroatoms. The van der Waals surface area contributed by atoms with Gasteiger partial charge in [0.05, 0.1) is 5.52 Å². The molecular weight excluding hydrogens is 372 g/mol. The second-order valence-electron chi connectivity index (χ2n) is 6.30. The van der Waals surface area contributed by atoms with E-state index in [1.807, 2.05) is 19.9 Å². The minimum atomic E-state index is -0.683. The Morgan fingerprint density at radius 1 is 1.03 bits per heavy atom. The van der Waals surface area contributed by atoms with Crippen LogP contribution in [-0.2, 0) is 9.53 Å². The molecule has 2 amide bonds. The number of ether oxygens (including phenoxy) is 1. The van der Waals surface area contributed by atoms with E-state index in [-0.39, 0.29) is 11.6 Å². The molecule has 0 bridgehead atoms. The number of H-pyrrole nitrogens is 1. The number of aromatic nitrogens is 2. The molecule has 0 aliphatic carbocycles. The van der Waals surface area contributed by atoms with Gasteiger partial charge >= 0.3 is 5.97 Å². The predicted octanol–water partition coefficient (Wildman–Crippen LogP) is 2.84. The van der Waals surface area contributed by atoms with Gasteiger partial charge in [-0.25, -0.2) is 4.79 Å². The molecule has 1 heterocycles. The van der Waals surface area contributed by atoms with E-state index in [1.54, 1.807) is 47.4 Å². The second kappa shape index (κ2) is 9.01. The van der Waals surface area contributed by atoms with Gasteiger partial charge < -0.3 is 15.0 Å². The SMILES string of the molecule is CCN(CC)C(=O)c1ccc(NC(=O)COC(=O)c2n[nH]c3ccccc23)cc1. The van der Waals surface area contributed by atoms with Crippen LogP contribution >= 0.6 is 0 Å². The van der Waals surface area contributed by atoms with Crippen molar-refractivity contribution in [1.29, 1.82) is 0 Å². The molecule has 2 N–H and O–H groups in total. The number of nitrogens with zero attached hydrogens (tertiary/aromatic N) is 2. The number of carbonyl (C=O) groups is 3. The maximum atomic E-state index is 12.3. The number of aromatic amines is 1. The molecule has 0 unspecified atom stereocenters. The molecule has 3 rings (SSSR count). The molecule has 0 aliphatic heterocycles. The summed E-state index contributed by atoms with van der Waals surface area (Å²) < 4.78 is 5.06. The molecule has 0 saturated heterocycles. The Bertz CT molecular complexity index is 1020. The highest BCUT2D eigenvalue weighted by atomic mass is 16.5. The van der Waals surface area contributed by atoms with Gasteiger partial charge in [0, 0.05) is 29.7 Å². The van der Waals surface area contributed by atoms with E-state index in [2.05, 4.69) is 15.5 Å². The monoisotopic (exact) mass is 394 g/mol. The summed E-state index contributed by atoms with van der Waals surface area (Å²) in [7, 11) is 0. The summed E-state index contributed by atoms with van der Waals surface area (Å²) in [5, 5.41) is 9.95. The molecule has 0 spiro atoms. The molecule has 2 aromatic carbocycles. The van der Waals surface area contributed by atoms with E-state index < -0.39 is 18.5 Å². The Balaban J connectivity index is 1.55. The lowest BCUT2D eigenvalue weighted by Crippen LogP contribution is -2.30. The number of para-hydroxylation sites is 1. The summed E-state index contributed by atoms with van der Waals surface area (Å²) in [4.78, 5) is 38.3. The number of esters is 1. The number of rotatable bonds is 7. The van der Waals surface area contributed by atoms with Gasteiger partial charge in [0.15, 0.2) is 12.3 Å². The summed E-state index contributed by atoms with van der Waals surface area (Å²) in [5.74, 6) is -1.23. The highest BCUT2D eigenvalue weighted by Gasteiger charge is 2.17. The third-order valence-corrected chi connectivity index (χ3v) is 4.46. The average molecular weight is 394 g/mol. The highest BCUT2D eigenvalue weighted by Crippen LogP contribution is 2.16. The van der Waals surface area contributed by atoms with E-state index in [4.69, 9.17) is 4.74 Å². The molecule has 1 aromatic heterocycles. The largest absolute Gasteiger partial charge is 0.451 e. The van der Waals surface area contributed by atoms with Gasteiger partial charge in [-0.3, -0.25) is 14.7 Å². The minimum Gasteiger partial charge on any atom is -0.451 e. The van der Waals surface area contributed by atoms with Gasteiger partial charge in [-0.15, -0.1) is 0 Å². The van der Waals surface area contributed by atoms with Crippen molar-refractivity contribution < 1.29 is 19.1 Å². The van der Waals surface area contributed by atoms with E-state index in [0.29, 0.717) is 35.2 Å². The quantitative estimate of drug-likeness (QED) is 0.600. The lowest BCUT2D eigenvalue weighted by Gasteiger charge is -2.18. The van der Waals surface area contributed by atoms with Crippen molar-refractivity contribution in [2.45, 2.75) is 13.8 Å². The number of hydrogen-bond acceptors (Lipinski definition) is 5. The summed E-state index contributed by atoms with van der Waals surface area (Å²) in [6.07, 6.45) is 0. The van der Waals surface area contributed by atoms with E-state index >= 15 is 0 Å². The van der Waals surface area contributed by atoms with Crippen molar-refractivity contribution in [3.8, 4) is 0 Å². The third-order valence-electron chi connectivity index (χ3n) is 4.46. The Hall–Kier alpha value is -3.68. The van der Waals surface area contributed by atoms with Crippen molar-refractivity contribution in [1.82, 2.24) is 15.1 Å². The molecule has 0 radical (unpaired) electrons. The standard InChI is InChI=1S/C21H22N4O4/c1-3-25(4-2)20(27)14-9-11-15(12-10-14)22-18(26)13-29-21(28)19-16-7-5-6-8-17(16)23-24-19/h5-12H,3-4,13H2,1-2H3,(H,22,26)(H,23,24). The number of hydrogen-bond donors (Lipinski definition) is 2. The smallest absolute Gasteiger partial charge is 0.359 e. The summed E-state index contributed by atoms with van der Waals surface area (Å²) in [5.41, 5.74) is 1.90. The van der Waals surface area contributed by atoms with Crippen molar-refractivity contribution in [3.63, 3.8) is 0 Å². The van der Waals surface area contributed by atoms with Crippen LogP contribution < -0.4 is 5.32 Å². The van der Waals surface area contributed by atoms with Crippen molar-refractivity contribution in [2.75, 3.05) is 25.0 Å². The molecule has 3 aromatic rings. The maximum Gasteiger partial charge on any atom is 0.359 e.